The second kappa shape index (κ2) is 6.57. The zero-order valence-corrected chi connectivity index (χ0v) is 15.0. The summed E-state index contributed by atoms with van der Waals surface area (Å²) in [5.41, 5.74) is 1.35. The van der Waals surface area contributed by atoms with Crippen LogP contribution in [0.5, 0.6) is 5.75 Å². The minimum Gasteiger partial charge on any atom is -0.497 e. The Labute approximate surface area is 142 Å². The molecule has 130 valence electrons. The lowest BCUT2D eigenvalue weighted by molar-refractivity contribution is 0.255. The molecule has 0 spiro atoms. The summed E-state index contributed by atoms with van der Waals surface area (Å²) in [4.78, 5) is 0.192. The van der Waals surface area contributed by atoms with Gasteiger partial charge in [0.2, 0.25) is 10.0 Å². The highest BCUT2D eigenvalue weighted by Crippen LogP contribution is 2.37. The van der Waals surface area contributed by atoms with Crippen LogP contribution in [-0.2, 0) is 10.0 Å². The number of piperidine rings is 1. The molecule has 1 aliphatic heterocycles. The van der Waals surface area contributed by atoms with E-state index < -0.39 is 10.0 Å². The molecular formula is C17H22N2O4S. The van der Waals surface area contributed by atoms with Gasteiger partial charge in [-0.2, -0.15) is 4.31 Å². The minimum atomic E-state index is -3.66. The lowest BCUT2D eigenvalue weighted by Gasteiger charge is -2.35. The molecule has 2 heterocycles. The summed E-state index contributed by atoms with van der Waals surface area (Å²) in [6.07, 6.45) is 2.63. The molecule has 24 heavy (non-hydrogen) atoms. The van der Waals surface area contributed by atoms with Crippen molar-refractivity contribution < 1.29 is 17.7 Å². The van der Waals surface area contributed by atoms with Gasteiger partial charge in [0.1, 0.15) is 16.3 Å². The van der Waals surface area contributed by atoms with Gasteiger partial charge in [-0.3, -0.25) is 0 Å². The Balaban J connectivity index is 2.04. The third-order valence-corrected chi connectivity index (χ3v) is 6.62. The molecule has 6 nitrogen and oxygen atoms in total. The van der Waals surface area contributed by atoms with Crippen LogP contribution in [0.4, 0.5) is 0 Å². The quantitative estimate of drug-likeness (QED) is 0.846. The van der Waals surface area contributed by atoms with Gasteiger partial charge in [0.15, 0.2) is 5.76 Å². The van der Waals surface area contributed by atoms with Crippen molar-refractivity contribution in [2.75, 3.05) is 13.7 Å². The lowest BCUT2D eigenvalue weighted by atomic mass is 9.97. The Kier molecular flexibility index (Phi) is 4.64. The molecule has 0 aliphatic carbocycles. The van der Waals surface area contributed by atoms with E-state index in [-0.39, 0.29) is 10.9 Å². The zero-order valence-electron chi connectivity index (χ0n) is 14.2. The number of benzene rings is 1. The number of ether oxygens (including phenoxy) is 1. The molecule has 1 aromatic carbocycles. The van der Waals surface area contributed by atoms with Crippen molar-refractivity contribution in [3.63, 3.8) is 0 Å². The highest BCUT2D eigenvalue weighted by molar-refractivity contribution is 7.89. The van der Waals surface area contributed by atoms with Gasteiger partial charge in [0.05, 0.1) is 13.2 Å². The summed E-state index contributed by atoms with van der Waals surface area (Å²) in [6.45, 7) is 3.79. The topological polar surface area (TPSA) is 72.6 Å². The van der Waals surface area contributed by atoms with Crippen LogP contribution in [0.25, 0.3) is 0 Å². The van der Waals surface area contributed by atoms with Gasteiger partial charge in [-0.15, -0.1) is 0 Å². The number of aromatic nitrogens is 1. The molecule has 0 saturated carbocycles. The average Bonchev–Trinajstić information content (AvgIpc) is 2.94. The van der Waals surface area contributed by atoms with E-state index >= 15 is 0 Å². The van der Waals surface area contributed by atoms with E-state index in [4.69, 9.17) is 9.26 Å². The van der Waals surface area contributed by atoms with E-state index in [0.717, 1.165) is 30.6 Å². The number of rotatable bonds is 4. The molecule has 3 rings (SSSR count). The SMILES string of the molecule is COc1cccc(C2CCCCN2S(=O)(=O)c2c(C)noc2C)c1. The van der Waals surface area contributed by atoms with Gasteiger partial charge in [-0.1, -0.05) is 23.7 Å². The van der Waals surface area contributed by atoms with Crippen LogP contribution >= 0.6 is 0 Å². The molecule has 1 aromatic heterocycles. The Morgan fingerprint density at radius 2 is 2.08 bits per heavy atom. The number of nitrogens with zero attached hydrogens (tertiary/aromatic N) is 2. The van der Waals surface area contributed by atoms with Crippen molar-refractivity contribution in [3.05, 3.63) is 41.3 Å². The van der Waals surface area contributed by atoms with Crippen LogP contribution in [0.3, 0.4) is 0 Å². The average molecular weight is 350 g/mol. The van der Waals surface area contributed by atoms with Crippen molar-refractivity contribution in [1.29, 1.82) is 0 Å². The number of hydrogen-bond acceptors (Lipinski definition) is 5. The summed E-state index contributed by atoms with van der Waals surface area (Å²) in [7, 11) is -2.05. The highest BCUT2D eigenvalue weighted by Gasteiger charge is 2.37. The summed E-state index contributed by atoms with van der Waals surface area (Å²) in [6, 6.07) is 7.41. The Bertz CT molecular complexity index is 809. The largest absolute Gasteiger partial charge is 0.497 e. The van der Waals surface area contributed by atoms with Crippen LogP contribution in [-0.4, -0.2) is 31.5 Å². The molecule has 1 aliphatic rings. The van der Waals surface area contributed by atoms with E-state index in [2.05, 4.69) is 5.16 Å². The fraction of sp³-hybridized carbons (Fsp3) is 0.471. The molecule has 0 amide bonds. The van der Waals surface area contributed by atoms with Crippen molar-refractivity contribution in [1.82, 2.24) is 9.46 Å². The molecule has 0 radical (unpaired) electrons. The molecule has 2 aromatic rings. The van der Waals surface area contributed by atoms with Gasteiger partial charge < -0.3 is 9.26 Å². The van der Waals surface area contributed by atoms with E-state index in [0.29, 0.717) is 18.0 Å². The normalized spacial score (nSPS) is 19.4. The summed E-state index contributed by atoms with van der Waals surface area (Å²) < 4.78 is 38.4. The molecule has 1 unspecified atom stereocenters. The second-order valence-electron chi connectivity index (χ2n) is 6.06. The Morgan fingerprint density at radius 1 is 1.29 bits per heavy atom. The van der Waals surface area contributed by atoms with Crippen LogP contribution in [0.15, 0.2) is 33.7 Å². The molecule has 1 atom stereocenters. The summed E-state index contributed by atoms with van der Waals surface area (Å²) in [5, 5.41) is 3.80. The van der Waals surface area contributed by atoms with Gasteiger partial charge in [0.25, 0.3) is 0 Å². The third kappa shape index (κ3) is 2.93. The summed E-state index contributed by atoms with van der Waals surface area (Å²) in [5.74, 6) is 1.07. The van der Waals surface area contributed by atoms with Crippen LogP contribution < -0.4 is 4.74 Å². The second-order valence-corrected chi connectivity index (χ2v) is 7.88. The van der Waals surface area contributed by atoms with Gasteiger partial charge in [-0.25, -0.2) is 8.42 Å². The monoisotopic (exact) mass is 350 g/mol. The Morgan fingerprint density at radius 3 is 2.75 bits per heavy atom. The smallest absolute Gasteiger partial charge is 0.249 e. The maximum Gasteiger partial charge on any atom is 0.249 e. The molecule has 0 N–H and O–H groups in total. The number of methoxy groups -OCH3 is 1. The van der Waals surface area contributed by atoms with Gasteiger partial charge >= 0.3 is 0 Å². The van der Waals surface area contributed by atoms with Gasteiger partial charge in [-0.05, 0) is 44.4 Å². The minimum absolute atomic E-state index is 0.192. The predicted octanol–water partition coefficient (Wildman–Crippen LogP) is 3.22. The fourth-order valence-corrected chi connectivity index (χ4v) is 5.31. The first kappa shape index (κ1) is 17.0. The third-order valence-electron chi connectivity index (χ3n) is 4.47. The zero-order chi connectivity index (χ0) is 17.3. The highest BCUT2D eigenvalue weighted by atomic mass is 32.2. The number of sulfonamides is 1. The first-order valence-electron chi connectivity index (χ1n) is 8.04. The molecule has 0 bridgehead atoms. The Hall–Kier alpha value is -1.86. The number of aryl methyl sites for hydroxylation is 2. The van der Waals surface area contributed by atoms with E-state index in [1.165, 1.54) is 0 Å². The van der Waals surface area contributed by atoms with E-state index in [1.807, 2.05) is 24.3 Å². The molecule has 1 fully saturated rings. The summed E-state index contributed by atoms with van der Waals surface area (Å²) >= 11 is 0. The fourth-order valence-electron chi connectivity index (χ4n) is 3.33. The standard InChI is InChI=1S/C17H22N2O4S/c1-12-17(13(2)23-18-12)24(20,21)19-10-5-4-9-16(19)14-7-6-8-15(11-14)22-3/h6-8,11,16H,4-5,9-10H2,1-3H3. The number of hydrogen-bond donors (Lipinski definition) is 0. The molecular weight excluding hydrogens is 328 g/mol. The van der Waals surface area contributed by atoms with Crippen LogP contribution in [0.2, 0.25) is 0 Å². The molecule has 7 heteroatoms. The van der Waals surface area contributed by atoms with Crippen molar-refractivity contribution >= 4 is 10.0 Å². The lowest BCUT2D eigenvalue weighted by Crippen LogP contribution is -2.38. The first-order chi connectivity index (χ1) is 11.4. The predicted molar refractivity (Wildman–Crippen MR) is 89.5 cm³/mol. The van der Waals surface area contributed by atoms with Crippen molar-refractivity contribution in [2.45, 2.75) is 44.0 Å². The van der Waals surface area contributed by atoms with E-state index in [9.17, 15) is 8.42 Å². The van der Waals surface area contributed by atoms with Crippen molar-refractivity contribution in [3.8, 4) is 5.75 Å². The maximum absolute atomic E-state index is 13.2. The van der Waals surface area contributed by atoms with Crippen LogP contribution in [0, 0.1) is 13.8 Å². The molecule has 1 saturated heterocycles. The van der Waals surface area contributed by atoms with Crippen LogP contribution in [0.1, 0.15) is 42.3 Å². The first-order valence-corrected chi connectivity index (χ1v) is 9.48. The van der Waals surface area contributed by atoms with Crippen molar-refractivity contribution in [2.24, 2.45) is 0 Å². The maximum atomic E-state index is 13.2. The van der Waals surface area contributed by atoms with E-state index in [1.54, 1.807) is 25.3 Å². The van der Waals surface area contributed by atoms with Gasteiger partial charge in [0, 0.05) is 6.54 Å².